The molecule has 0 saturated carbocycles. The molecule has 2 heterocycles. The molecule has 5 nitrogen and oxygen atoms in total. The van der Waals surface area contributed by atoms with Crippen LogP contribution in [0.1, 0.15) is 26.2 Å². The number of rotatable bonds is 5. The molecule has 2 atom stereocenters. The largest absolute Gasteiger partial charge is 0.439 e. The number of benzene rings is 1. The summed E-state index contributed by atoms with van der Waals surface area (Å²) in [6, 6.07) is 8.39. The number of aromatic nitrogens is 1. The Bertz CT molecular complexity index is 578. The van der Waals surface area contributed by atoms with Gasteiger partial charge in [0.05, 0.1) is 12.6 Å². The predicted molar refractivity (Wildman–Crippen MR) is 86.6 cm³/mol. The van der Waals surface area contributed by atoms with Gasteiger partial charge in [-0.3, -0.25) is 9.80 Å². The zero-order chi connectivity index (χ0) is 15.5. The molecule has 1 aliphatic heterocycles. The second-order valence-corrected chi connectivity index (χ2v) is 6.22. The fraction of sp³-hybridized carbons (Fsp3) is 0.588. The number of hydrogen-bond acceptors (Lipinski definition) is 5. The first-order valence-corrected chi connectivity index (χ1v) is 8.14. The summed E-state index contributed by atoms with van der Waals surface area (Å²) in [5.74, 6) is 0.792. The zero-order valence-corrected chi connectivity index (χ0v) is 13.4. The van der Waals surface area contributed by atoms with E-state index in [2.05, 4.69) is 21.7 Å². The Hall–Kier alpha value is -1.43. The summed E-state index contributed by atoms with van der Waals surface area (Å²) in [7, 11) is 0. The first-order chi connectivity index (χ1) is 10.7. The Morgan fingerprint density at radius 2 is 2.18 bits per heavy atom. The molecule has 0 aliphatic carbocycles. The summed E-state index contributed by atoms with van der Waals surface area (Å²) >= 11 is 0. The minimum Gasteiger partial charge on any atom is -0.439 e. The molecule has 0 unspecified atom stereocenters. The van der Waals surface area contributed by atoms with Crippen LogP contribution in [0.25, 0.3) is 11.1 Å². The van der Waals surface area contributed by atoms with Crippen LogP contribution in [0, 0.1) is 0 Å². The van der Waals surface area contributed by atoms with Gasteiger partial charge >= 0.3 is 0 Å². The summed E-state index contributed by atoms with van der Waals surface area (Å²) in [5, 5.41) is 9.62. The quantitative estimate of drug-likeness (QED) is 0.917. The zero-order valence-electron chi connectivity index (χ0n) is 13.4. The van der Waals surface area contributed by atoms with Crippen molar-refractivity contribution in [2.24, 2.45) is 0 Å². The van der Waals surface area contributed by atoms with Crippen molar-refractivity contribution in [3.63, 3.8) is 0 Å². The lowest BCUT2D eigenvalue weighted by molar-refractivity contribution is 0.0311. The van der Waals surface area contributed by atoms with Gasteiger partial charge in [-0.2, -0.15) is 0 Å². The van der Waals surface area contributed by atoms with Gasteiger partial charge in [0.15, 0.2) is 5.58 Å². The van der Waals surface area contributed by atoms with Crippen LogP contribution in [0.2, 0.25) is 0 Å². The maximum atomic E-state index is 9.62. The lowest BCUT2D eigenvalue weighted by atomic mass is 10.1. The van der Waals surface area contributed by atoms with Crippen LogP contribution in [0.15, 0.2) is 28.7 Å². The maximum Gasteiger partial charge on any atom is 0.209 e. The SMILES string of the molecule is CC[C@H]1CN(Cc2nc3ccccc3o2)CCN1C[C@H](C)O. The first-order valence-electron chi connectivity index (χ1n) is 8.14. The van der Waals surface area contributed by atoms with Crippen LogP contribution in [-0.2, 0) is 6.54 Å². The third-order valence-electron chi connectivity index (χ3n) is 4.36. The molecule has 1 N–H and O–H groups in total. The van der Waals surface area contributed by atoms with Gasteiger partial charge in [0, 0.05) is 32.2 Å². The van der Waals surface area contributed by atoms with Gasteiger partial charge in [-0.1, -0.05) is 19.1 Å². The highest BCUT2D eigenvalue weighted by Crippen LogP contribution is 2.19. The number of β-amino-alcohol motifs (C(OH)–C–C–N with tert-alkyl or cyclic N) is 1. The van der Waals surface area contributed by atoms with Gasteiger partial charge < -0.3 is 9.52 Å². The second kappa shape index (κ2) is 6.77. The highest BCUT2D eigenvalue weighted by atomic mass is 16.3. The molecule has 1 fully saturated rings. The molecule has 5 heteroatoms. The van der Waals surface area contributed by atoms with E-state index in [0.717, 1.165) is 56.1 Å². The van der Waals surface area contributed by atoms with Gasteiger partial charge in [-0.15, -0.1) is 0 Å². The molecule has 0 spiro atoms. The fourth-order valence-electron chi connectivity index (χ4n) is 3.25. The predicted octanol–water partition coefficient (Wildman–Crippen LogP) is 2.10. The average molecular weight is 303 g/mol. The minimum atomic E-state index is -0.266. The van der Waals surface area contributed by atoms with Crippen molar-refractivity contribution >= 4 is 11.1 Å². The molecule has 1 aromatic heterocycles. The van der Waals surface area contributed by atoms with Crippen molar-refractivity contribution in [2.45, 2.75) is 39.0 Å². The lowest BCUT2D eigenvalue weighted by Gasteiger charge is -2.41. The Kier molecular flexibility index (Phi) is 4.76. The van der Waals surface area contributed by atoms with E-state index in [0.29, 0.717) is 6.04 Å². The minimum absolute atomic E-state index is 0.266. The molecule has 3 rings (SSSR count). The van der Waals surface area contributed by atoms with Crippen LogP contribution in [0.3, 0.4) is 0 Å². The van der Waals surface area contributed by atoms with Crippen LogP contribution in [-0.4, -0.2) is 58.2 Å². The molecular weight excluding hydrogens is 278 g/mol. The fourth-order valence-corrected chi connectivity index (χ4v) is 3.25. The average Bonchev–Trinajstić information content (AvgIpc) is 2.90. The summed E-state index contributed by atoms with van der Waals surface area (Å²) < 4.78 is 5.82. The van der Waals surface area contributed by atoms with Crippen LogP contribution in [0.5, 0.6) is 0 Å². The van der Waals surface area contributed by atoms with Crippen LogP contribution >= 0.6 is 0 Å². The van der Waals surface area contributed by atoms with Gasteiger partial charge in [0.1, 0.15) is 5.52 Å². The molecule has 22 heavy (non-hydrogen) atoms. The highest BCUT2D eigenvalue weighted by molar-refractivity contribution is 5.72. The Balaban J connectivity index is 1.64. The highest BCUT2D eigenvalue weighted by Gasteiger charge is 2.27. The van der Waals surface area contributed by atoms with E-state index in [1.807, 2.05) is 31.2 Å². The summed E-state index contributed by atoms with van der Waals surface area (Å²) in [4.78, 5) is 9.36. The van der Waals surface area contributed by atoms with Crippen molar-refractivity contribution < 1.29 is 9.52 Å². The van der Waals surface area contributed by atoms with Crippen molar-refractivity contribution in [1.82, 2.24) is 14.8 Å². The standard InChI is InChI=1S/C17H25N3O2/c1-3-14-11-19(8-9-20(14)10-13(2)21)12-17-18-15-6-4-5-7-16(15)22-17/h4-7,13-14,21H,3,8-12H2,1-2H3/t13-,14-/m0/s1. The van der Waals surface area contributed by atoms with Crippen LogP contribution < -0.4 is 0 Å². The Morgan fingerprint density at radius 3 is 2.91 bits per heavy atom. The number of fused-ring (bicyclic) bond motifs is 1. The van der Waals surface area contributed by atoms with Crippen molar-refractivity contribution in [1.29, 1.82) is 0 Å². The van der Waals surface area contributed by atoms with E-state index in [9.17, 15) is 5.11 Å². The van der Waals surface area contributed by atoms with E-state index in [4.69, 9.17) is 4.42 Å². The van der Waals surface area contributed by atoms with Crippen LogP contribution in [0.4, 0.5) is 0 Å². The monoisotopic (exact) mass is 303 g/mol. The van der Waals surface area contributed by atoms with Crippen molar-refractivity contribution in [2.75, 3.05) is 26.2 Å². The molecule has 0 amide bonds. The topological polar surface area (TPSA) is 52.7 Å². The normalized spacial score (nSPS) is 22.2. The summed E-state index contributed by atoms with van der Waals surface area (Å²) in [5.41, 5.74) is 1.79. The lowest BCUT2D eigenvalue weighted by Crippen LogP contribution is -2.54. The first kappa shape index (κ1) is 15.5. The number of piperazine rings is 1. The third-order valence-corrected chi connectivity index (χ3v) is 4.36. The number of oxazole rings is 1. The van der Waals surface area contributed by atoms with E-state index < -0.39 is 0 Å². The summed E-state index contributed by atoms with van der Waals surface area (Å²) in [6.45, 7) is 8.57. The molecule has 1 aromatic carbocycles. The molecule has 0 radical (unpaired) electrons. The number of hydrogen-bond donors (Lipinski definition) is 1. The summed E-state index contributed by atoms with van der Waals surface area (Å²) in [6.07, 6.45) is 0.828. The van der Waals surface area contributed by atoms with Gasteiger partial charge in [-0.25, -0.2) is 4.98 Å². The molecule has 1 saturated heterocycles. The Morgan fingerprint density at radius 1 is 1.36 bits per heavy atom. The maximum absolute atomic E-state index is 9.62. The smallest absolute Gasteiger partial charge is 0.209 e. The number of aliphatic hydroxyl groups excluding tert-OH is 1. The van der Waals surface area contributed by atoms with E-state index in [1.165, 1.54) is 0 Å². The molecule has 120 valence electrons. The number of para-hydroxylation sites is 2. The second-order valence-electron chi connectivity index (χ2n) is 6.22. The number of nitrogens with zero attached hydrogens (tertiary/aromatic N) is 3. The van der Waals surface area contributed by atoms with Gasteiger partial charge in [0.25, 0.3) is 0 Å². The van der Waals surface area contributed by atoms with E-state index in [1.54, 1.807) is 0 Å². The third kappa shape index (κ3) is 3.48. The van der Waals surface area contributed by atoms with Gasteiger partial charge in [0.2, 0.25) is 5.89 Å². The molecule has 0 bridgehead atoms. The van der Waals surface area contributed by atoms with E-state index in [-0.39, 0.29) is 6.10 Å². The van der Waals surface area contributed by atoms with E-state index >= 15 is 0 Å². The molecule has 2 aromatic rings. The van der Waals surface area contributed by atoms with Crippen molar-refractivity contribution in [3.05, 3.63) is 30.2 Å². The molecular formula is C17H25N3O2. The number of aliphatic hydroxyl groups is 1. The van der Waals surface area contributed by atoms with Gasteiger partial charge in [-0.05, 0) is 25.5 Å². The van der Waals surface area contributed by atoms with Crippen molar-refractivity contribution in [3.8, 4) is 0 Å². The molecule has 1 aliphatic rings. The Labute approximate surface area is 131 Å².